The van der Waals surface area contributed by atoms with E-state index in [-0.39, 0.29) is 5.82 Å². The maximum absolute atomic E-state index is 13.9. The smallest absolute Gasteiger partial charge is 0.132 e. The molecule has 0 spiro atoms. The molecular formula is C21H23FN4O. The molecule has 1 aromatic heterocycles. The van der Waals surface area contributed by atoms with Gasteiger partial charge in [-0.2, -0.15) is 5.10 Å². The molecule has 6 heteroatoms. The van der Waals surface area contributed by atoms with Gasteiger partial charge in [-0.05, 0) is 24.7 Å². The van der Waals surface area contributed by atoms with Gasteiger partial charge in [0.2, 0.25) is 0 Å². The highest BCUT2D eigenvalue weighted by Crippen LogP contribution is 2.36. The average molecular weight is 366 g/mol. The van der Waals surface area contributed by atoms with E-state index in [1.54, 1.807) is 6.07 Å². The molecule has 140 valence electrons. The first-order valence-electron chi connectivity index (χ1n) is 9.14. The van der Waals surface area contributed by atoms with Crippen molar-refractivity contribution >= 4 is 5.69 Å². The molecule has 0 bridgehead atoms. The van der Waals surface area contributed by atoms with Gasteiger partial charge in [0.1, 0.15) is 23.9 Å². The highest BCUT2D eigenvalue weighted by Gasteiger charge is 2.21. The first-order chi connectivity index (χ1) is 13.2. The van der Waals surface area contributed by atoms with Gasteiger partial charge in [-0.3, -0.25) is 5.10 Å². The molecule has 0 saturated carbocycles. The molecule has 1 N–H and O–H groups in total. The fourth-order valence-corrected chi connectivity index (χ4v) is 3.32. The molecule has 2 heterocycles. The van der Waals surface area contributed by atoms with Gasteiger partial charge >= 0.3 is 0 Å². The Morgan fingerprint density at radius 1 is 1.07 bits per heavy atom. The number of nitrogens with one attached hydrogen (secondary N) is 1. The molecule has 0 radical (unpaired) electrons. The topological polar surface area (TPSA) is 44.4 Å². The van der Waals surface area contributed by atoms with Crippen LogP contribution in [0.2, 0.25) is 0 Å². The number of anilines is 1. The third-order valence-electron chi connectivity index (χ3n) is 4.90. The summed E-state index contributed by atoms with van der Waals surface area (Å²) in [6.07, 6.45) is 1.91. The predicted octanol–water partition coefficient (Wildman–Crippen LogP) is 3.55. The van der Waals surface area contributed by atoms with Crippen LogP contribution < -0.4 is 9.64 Å². The SMILES string of the molecule is CN1CCN(c2c[nH]nc2-c2ccc(F)cc2OCc2ccccc2)CC1. The van der Waals surface area contributed by atoms with E-state index in [1.807, 2.05) is 36.5 Å². The van der Waals surface area contributed by atoms with Gasteiger partial charge in [-0.15, -0.1) is 0 Å². The van der Waals surface area contributed by atoms with Crippen molar-refractivity contribution in [2.24, 2.45) is 0 Å². The molecule has 0 atom stereocenters. The number of rotatable bonds is 5. The number of aromatic amines is 1. The van der Waals surface area contributed by atoms with Gasteiger partial charge in [0.15, 0.2) is 0 Å². The summed E-state index contributed by atoms with van der Waals surface area (Å²) in [6.45, 7) is 4.26. The molecular weight excluding hydrogens is 343 g/mol. The lowest BCUT2D eigenvalue weighted by atomic mass is 10.1. The fraction of sp³-hybridized carbons (Fsp3) is 0.286. The van der Waals surface area contributed by atoms with Crippen LogP contribution in [-0.4, -0.2) is 48.3 Å². The summed E-state index contributed by atoms with van der Waals surface area (Å²) in [6, 6.07) is 14.5. The van der Waals surface area contributed by atoms with Crippen LogP contribution in [0.15, 0.2) is 54.7 Å². The second-order valence-corrected chi connectivity index (χ2v) is 6.82. The third-order valence-corrected chi connectivity index (χ3v) is 4.90. The molecule has 1 fully saturated rings. The minimum absolute atomic E-state index is 0.321. The maximum Gasteiger partial charge on any atom is 0.132 e. The van der Waals surface area contributed by atoms with E-state index in [0.29, 0.717) is 12.4 Å². The molecule has 2 aromatic carbocycles. The van der Waals surface area contributed by atoms with Crippen LogP contribution in [-0.2, 0) is 6.61 Å². The van der Waals surface area contributed by atoms with E-state index >= 15 is 0 Å². The second kappa shape index (κ2) is 7.80. The average Bonchev–Trinajstić information content (AvgIpc) is 3.17. The van der Waals surface area contributed by atoms with E-state index in [9.17, 15) is 4.39 Å². The van der Waals surface area contributed by atoms with Gasteiger partial charge in [-0.1, -0.05) is 30.3 Å². The van der Waals surface area contributed by atoms with E-state index in [4.69, 9.17) is 4.74 Å². The van der Waals surface area contributed by atoms with Gasteiger partial charge in [0, 0.05) is 44.0 Å². The first-order valence-corrected chi connectivity index (χ1v) is 9.14. The Labute approximate surface area is 158 Å². The fourth-order valence-electron chi connectivity index (χ4n) is 3.32. The standard InChI is InChI=1S/C21H23FN4O/c1-25-9-11-26(12-10-25)19-14-23-24-21(19)18-8-7-17(22)13-20(18)27-15-16-5-3-2-4-6-16/h2-8,13-14H,9-12,15H2,1H3,(H,23,24). The summed E-state index contributed by atoms with van der Waals surface area (Å²) in [5.74, 6) is 0.180. The lowest BCUT2D eigenvalue weighted by molar-refractivity contribution is 0.305. The number of benzene rings is 2. The zero-order valence-corrected chi connectivity index (χ0v) is 15.4. The molecule has 27 heavy (non-hydrogen) atoms. The lowest BCUT2D eigenvalue weighted by Crippen LogP contribution is -2.44. The van der Waals surface area contributed by atoms with Gasteiger partial charge < -0.3 is 14.5 Å². The van der Waals surface area contributed by atoms with E-state index in [0.717, 1.165) is 48.7 Å². The van der Waals surface area contributed by atoms with Crippen LogP contribution in [0.25, 0.3) is 11.3 Å². The minimum atomic E-state index is -0.321. The van der Waals surface area contributed by atoms with Crippen LogP contribution in [0, 0.1) is 5.82 Å². The number of nitrogens with zero attached hydrogens (tertiary/aromatic N) is 3. The largest absolute Gasteiger partial charge is 0.488 e. The number of piperazine rings is 1. The first kappa shape index (κ1) is 17.5. The monoisotopic (exact) mass is 366 g/mol. The van der Waals surface area contributed by atoms with Crippen LogP contribution in [0.4, 0.5) is 10.1 Å². The van der Waals surface area contributed by atoms with Crippen LogP contribution in [0.1, 0.15) is 5.56 Å². The Hall–Kier alpha value is -2.86. The summed E-state index contributed by atoms with van der Waals surface area (Å²) < 4.78 is 19.9. The third kappa shape index (κ3) is 3.95. The number of ether oxygens (including phenoxy) is 1. The van der Waals surface area contributed by atoms with Crippen molar-refractivity contribution in [3.05, 3.63) is 66.1 Å². The minimum Gasteiger partial charge on any atom is -0.488 e. The predicted molar refractivity (Wildman–Crippen MR) is 104 cm³/mol. The summed E-state index contributed by atoms with van der Waals surface area (Å²) >= 11 is 0. The number of aromatic nitrogens is 2. The number of hydrogen-bond donors (Lipinski definition) is 1. The van der Waals surface area contributed by atoms with Crippen LogP contribution in [0.5, 0.6) is 5.75 Å². The Kier molecular flexibility index (Phi) is 5.07. The summed E-state index contributed by atoms with van der Waals surface area (Å²) in [5, 5.41) is 7.41. The van der Waals surface area contributed by atoms with Crippen molar-refractivity contribution in [3.63, 3.8) is 0 Å². The van der Waals surface area contributed by atoms with Crippen molar-refractivity contribution < 1.29 is 9.13 Å². The Bertz CT molecular complexity index is 888. The normalized spacial score (nSPS) is 15.1. The van der Waals surface area contributed by atoms with Gasteiger partial charge in [0.05, 0.1) is 5.69 Å². The number of H-pyrrole nitrogens is 1. The van der Waals surface area contributed by atoms with Crippen molar-refractivity contribution in [3.8, 4) is 17.0 Å². The van der Waals surface area contributed by atoms with Crippen molar-refractivity contribution in [1.82, 2.24) is 15.1 Å². The maximum atomic E-state index is 13.9. The van der Waals surface area contributed by atoms with Crippen molar-refractivity contribution in [1.29, 1.82) is 0 Å². The highest BCUT2D eigenvalue weighted by molar-refractivity contribution is 5.79. The van der Waals surface area contributed by atoms with Crippen LogP contribution in [0.3, 0.4) is 0 Å². The Morgan fingerprint density at radius 3 is 2.63 bits per heavy atom. The number of halogens is 1. The van der Waals surface area contributed by atoms with Crippen molar-refractivity contribution in [2.75, 3.05) is 38.1 Å². The molecule has 1 aliphatic heterocycles. The molecule has 5 nitrogen and oxygen atoms in total. The van der Waals surface area contributed by atoms with Gasteiger partial charge in [0.25, 0.3) is 0 Å². The number of likely N-dealkylation sites (N-methyl/N-ethyl adjacent to an activating group) is 1. The van der Waals surface area contributed by atoms with E-state index in [2.05, 4.69) is 27.0 Å². The molecule has 0 amide bonds. The molecule has 3 aromatic rings. The van der Waals surface area contributed by atoms with Crippen molar-refractivity contribution in [2.45, 2.75) is 6.61 Å². The molecule has 0 unspecified atom stereocenters. The Balaban J connectivity index is 1.62. The zero-order chi connectivity index (χ0) is 18.6. The highest BCUT2D eigenvalue weighted by atomic mass is 19.1. The Morgan fingerprint density at radius 2 is 1.85 bits per heavy atom. The molecule has 4 rings (SSSR count). The van der Waals surface area contributed by atoms with Gasteiger partial charge in [-0.25, -0.2) is 4.39 Å². The van der Waals surface area contributed by atoms with E-state index < -0.39 is 0 Å². The molecule has 0 aliphatic carbocycles. The summed E-state index contributed by atoms with van der Waals surface area (Å²) in [7, 11) is 2.13. The molecule has 1 aliphatic rings. The molecule has 1 saturated heterocycles. The zero-order valence-electron chi connectivity index (χ0n) is 15.4. The summed E-state index contributed by atoms with van der Waals surface area (Å²) in [4.78, 5) is 4.62. The quantitative estimate of drug-likeness (QED) is 0.750. The number of hydrogen-bond acceptors (Lipinski definition) is 4. The van der Waals surface area contributed by atoms with E-state index in [1.165, 1.54) is 12.1 Å². The second-order valence-electron chi connectivity index (χ2n) is 6.82. The van der Waals surface area contributed by atoms with Crippen LogP contribution >= 0.6 is 0 Å². The lowest BCUT2D eigenvalue weighted by Gasteiger charge is -2.33. The summed E-state index contributed by atoms with van der Waals surface area (Å²) in [5.41, 5.74) is 3.65.